The van der Waals surface area contributed by atoms with Gasteiger partial charge in [-0.2, -0.15) is 18.3 Å². The maximum Gasteiger partial charge on any atom is 0.433 e. The van der Waals surface area contributed by atoms with Crippen LogP contribution in [0, 0.1) is 0 Å². The van der Waals surface area contributed by atoms with Gasteiger partial charge >= 0.3 is 6.18 Å². The lowest BCUT2D eigenvalue weighted by Gasteiger charge is -2.10. The van der Waals surface area contributed by atoms with Gasteiger partial charge in [0.2, 0.25) is 0 Å². The minimum absolute atomic E-state index is 0.00372. The summed E-state index contributed by atoms with van der Waals surface area (Å²) in [6.07, 6.45) is -0.415. The van der Waals surface area contributed by atoms with Crippen molar-refractivity contribution in [1.82, 2.24) is 29.5 Å². The van der Waals surface area contributed by atoms with E-state index in [0.717, 1.165) is 6.07 Å². The highest BCUT2D eigenvalue weighted by Crippen LogP contribution is 2.33. The van der Waals surface area contributed by atoms with Crippen molar-refractivity contribution in [1.29, 1.82) is 0 Å². The summed E-state index contributed by atoms with van der Waals surface area (Å²) in [4.78, 5) is 28.5. The maximum absolute atomic E-state index is 13.6. The highest BCUT2D eigenvalue weighted by Gasteiger charge is 2.37. The van der Waals surface area contributed by atoms with Gasteiger partial charge in [0.25, 0.3) is 11.5 Å². The Morgan fingerprint density at radius 2 is 1.97 bits per heavy atom. The van der Waals surface area contributed by atoms with Gasteiger partial charge in [0.05, 0.1) is 17.9 Å². The number of rotatable bonds is 8. The van der Waals surface area contributed by atoms with Gasteiger partial charge in [-0.15, -0.1) is 10.2 Å². The van der Waals surface area contributed by atoms with Gasteiger partial charge in [-0.05, 0) is 43.3 Å². The molecule has 0 spiro atoms. The zero-order valence-electron chi connectivity index (χ0n) is 18.9. The predicted octanol–water partition coefficient (Wildman–Crippen LogP) is 3.19. The lowest BCUT2D eigenvalue weighted by atomic mass is 10.2. The van der Waals surface area contributed by atoms with E-state index in [9.17, 15) is 22.8 Å². The van der Waals surface area contributed by atoms with E-state index >= 15 is 0 Å². The van der Waals surface area contributed by atoms with Gasteiger partial charge in [0.1, 0.15) is 0 Å². The first-order valence-electron chi connectivity index (χ1n) is 10.8. The van der Waals surface area contributed by atoms with Crippen molar-refractivity contribution in [3.8, 4) is 17.1 Å². The van der Waals surface area contributed by atoms with Gasteiger partial charge in [-0.25, -0.2) is 4.68 Å². The Labute approximate surface area is 202 Å². The smallest absolute Gasteiger partial charge is 0.380 e. The summed E-state index contributed by atoms with van der Waals surface area (Å²) in [5.74, 6) is -0.764. The van der Waals surface area contributed by atoms with Crippen LogP contribution in [-0.4, -0.2) is 48.6 Å². The Bertz CT molecular complexity index is 1400. The Morgan fingerprint density at radius 1 is 1.14 bits per heavy atom. The molecule has 0 aliphatic rings. The molecule has 4 aromatic rings. The van der Waals surface area contributed by atoms with Crippen LogP contribution >= 0.6 is 0 Å². The molecular weight excluding hydrogens is 479 g/mol. The first kappa shape index (κ1) is 24.7. The topological polar surface area (TPSA) is 117 Å². The zero-order chi connectivity index (χ0) is 25.7. The second kappa shape index (κ2) is 10.5. The van der Waals surface area contributed by atoms with Crippen molar-refractivity contribution >= 4 is 11.7 Å². The van der Waals surface area contributed by atoms with E-state index in [0.29, 0.717) is 23.5 Å². The number of nitrogens with one attached hydrogen (secondary N) is 1. The van der Waals surface area contributed by atoms with Gasteiger partial charge in [-0.1, -0.05) is 0 Å². The van der Waals surface area contributed by atoms with E-state index in [2.05, 4.69) is 25.6 Å². The van der Waals surface area contributed by atoms with E-state index in [-0.39, 0.29) is 35.0 Å². The predicted molar refractivity (Wildman–Crippen MR) is 123 cm³/mol. The van der Waals surface area contributed by atoms with Crippen LogP contribution in [0.15, 0.2) is 65.8 Å². The van der Waals surface area contributed by atoms with Crippen LogP contribution in [0.3, 0.4) is 0 Å². The molecule has 10 nitrogen and oxygen atoms in total. The summed E-state index contributed by atoms with van der Waals surface area (Å²) >= 11 is 0. The number of anilines is 1. The second-order valence-corrected chi connectivity index (χ2v) is 7.44. The summed E-state index contributed by atoms with van der Waals surface area (Å²) in [5.41, 5.74) is -0.678. The Balaban J connectivity index is 1.55. The number of amides is 1. The number of ether oxygens (including phenoxy) is 1. The van der Waals surface area contributed by atoms with Gasteiger partial charge in [0.15, 0.2) is 17.3 Å². The SMILES string of the molecule is CCOCCn1cc(C(=O)Nc2ccc(-n3nc(-c4cccnc4)cc3C(F)(F)F)nn2)ccc1=O. The largest absolute Gasteiger partial charge is 0.433 e. The van der Waals surface area contributed by atoms with Gasteiger partial charge in [-0.3, -0.25) is 14.6 Å². The molecule has 13 heteroatoms. The number of hydrogen-bond donors (Lipinski definition) is 1. The standard InChI is InChI=1S/C23H20F3N7O3/c1-2-36-11-10-32-14-16(5-8-21(32)34)22(35)28-19-6-7-20(30-29-19)33-18(23(24,25)26)12-17(31-33)15-4-3-9-27-13-15/h3-9,12-14H,2,10-11H2,1H3,(H,28,29,35). The minimum atomic E-state index is -4.70. The normalized spacial score (nSPS) is 11.4. The second-order valence-electron chi connectivity index (χ2n) is 7.44. The van der Waals surface area contributed by atoms with Crippen molar-refractivity contribution in [3.05, 3.63) is 82.7 Å². The van der Waals surface area contributed by atoms with Crippen LogP contribution in [0.1, 0.15) is 23.0 Å². The minimum Gasteiger partial charge on any atom is -0.380 e. The molecule has 4 heterocycles. The quantitative estimate of drug-likeness (QED) is 0.370. The Hall–Kier alpha value is -4.39. The average Bonchev–Trinajstić information content (AvgIpc) is 3.33. The van der Waals surface area contributed by atoms with Crippen molar-refractivity contribution in [2.45, 2.75) is 19.6 Å². The molecular formula is C23H20F3N7O3. The number of alkyl halides is 3. The summed E-state index contributed by atoms with van der Waals surface area (Å²) in [5, 5.41) is 14.2. The maximum atomic E-state index is 13.6. The zero-order valence-corrected chi connectivity index (χ0v) is 18.9. The number of carbonyl (C=O) groups excluding carboxylic acids is 1. The molecule has 0 saturated heterocycles. The third kappa shape index (κ3) is 5.63. The van der Waals surface area contributed by atoms with Gasteiger partial charge in [0, 0.05) is 43.4 Å². The monoisotopic (exact) mass is 499 g/mol. The molecule has 0 atom stereocenters. The molecule has 4 rings (SSSR count). The van der Waals surface area contributed by atoms with E-state index in [1.165, 1.54) is 47.4 Å². The van der Waals surface area contributed by atoms with E-state index in [1.54, 1.807) is 12.1 Å². The van der Waals surface area contributed by atoms with E-state index in [1.807, 2.05) is 6.92 Å². The molecule has 0 aromatic carbocycles. The first-order chi connectivity index (χ1) is 17.3. The van der Waals surface area contributed by atoms with Crippen LogP contribution in [-0.2, 0) is 17.5 Å². The van der Waals surface area contributed by atoms with Crippen LogP contribution in [0.25, 0.3) is 17.1 Å². The number of pyridine rings is 2. The van der Waals surface area contributed by atoms with Crippen LogP contribution in [0.4, 0.5) is 19.0 Å². The first-order valence-corrected chi connectivity index (χ1v) is 10.8. The van der Waals surface area contributed by atoms with Crippen molar-refractivity contribution < 1.29 is 22.7 Å². The molecule has 36 heavy (non-hydrogen) atoms. The van der Waals surface area contributed by atoms with E-state index in [4.69, 9.17) is 4.74 Å². The van der Waals surface area contributed by atoms with Crippen molar-refractivity contribution in [2.24, 2.45) is 0 Å². The molecule has 186 valence electrons. The van der Waals surface area contributed by atoms with Crippen molar-refractivity contribution in [2.75, 3.05) is 18.5 Å². The fourth-order valence-electron chi connectivity index (χ4n) is 3.25. The number of halogens is 3. The molecule has 0 fully saturated rings. The Kier molecular flexibility index (Phi) is 7.20. The molecule has 4 aromatic heterocycles. The third-order valence-corrected chi connectivity index (χ3v) is 4.99. The fourth-order valence-corrected chi connectivity index (χ4v) is 3.25. The number of nitrogens with zero attached hydrogens (tertiary/aromatic N) is 6. The van der Waals surface area contributed by atoms with Crippen molar-refractivity contribution in [3.63, 3.8) is 0 Å². The molecule has 1 N–H and O–H groups in total. The summed E-state index contributed by atoms with van der Waals surface area (Å²) in [6, 6.07) is 9.24. The molecule has 0 aliphatic heterocycles. The summed E-state index contributed by atoms with van der Waals surface area (Å²) in [7, 11) is 0. The number of carbonyl (C=O) groups is 1. The molecule has 0 aliphatic carbocycles. The lowest BCUT2D eigenvalue weighted by molar-refractivity contribution is -0.142. The molecule has 0 unspecified atom stereocenters. The number of aromatic nitrogens is 6. The number of hydrogen-bond acceptors (Lipinski definition) is 7. The summed E-state index contributed by atoms with van der Waals surface area (Å²) in [6.45, 7) is 2.91. The molecule has 1 amide bonds. The summed E-state index contributed by atoms with van der Waals surface area (Å²) < 4.78 is 48.2. The van der Waals surface area contributed by atoms with Gasteiger partial charge < -0.3 is 14.6 Å². The van der Waals surface area contributed by atoms with E-state index < -0.39 is 17.8 Å². The van der Waals surface area contributed by atoms with Crippen LogP contribution in [0.2, 0.25) is 0 Å². The van der Waals surface area contributed by atoms with Crippen LogP contribution in [0.5, 0.6) is 0 Å². The Morgan fingerprint density at radius 3 is 2.64 bits per heavy atom. The molecule has 0 bridgehead atoms. The lowest BCUT2D eigenvalue weighted by Crippen LogP contribution is -2.24. The molecule has 0 radical (unpaired) electrons. The molecule has 0 saturated carbocycles. The highest BCUT2D eigenvalue weighted by atomic mass is 19.4. The average molecular weight is 499 g/mol. The fraction of sp³-hybridized carbons (Fsp3) is 0.217. The highest BCUT2D eigenvalue weighted by molar-refractivity contribution is 6.03. The third-order valence-electron chi connectivity index (χ3n) is 4.99. The van der Waals surface area contributed by atoms with Crippen LogP contribution < -0.4 is 10.9 Å².